The van der Waals surface area contributed by atoms with E-state index in [9.17, 15) is 8.42 Å². The average molecular weight is 229 g/mol. The second-order valence-corrected chi connectivity index (χ2v) is 5.65. The van der Waals surface area contributed by atoms with Crippen molar-refractivity contribution in [1.82, 2.24) is 4.98 Å². The number of hydrogen-bond donors (Lipinski definition) is 1. The number of aromatic nitrogens is 1. The van der Waals surface area contributed by atoms with E-state index in [1.807, 2.05) is 0 Å². The van der Waals surface area contributed by atoms with E-state index in [-0.39, 0.29) is 6.54 Å². The van der Waals surface area contributed by atoms with Crippen LogP contribution in [0.15, 0.2) is 24.5 Å². The molecule has 1 rings (SSSR count). The molecule has 2 N–H and O–H groups in total. The predicted molar refractivity (Wildman–Crippen MR) is 60.1 cm³/mol. The Hall–Kier alpha value is -1.14. The number of pyridine rings is 1. The van der Waals surface area contributed by atoms with Crippen LogP contribution in [0.4, 0.5) is 5.69 Å². The monoisotopic (exact) mass is 229 g/mol. The molecule has 1 unspecified atom stereocenters. The highest BCUT2D eigenvalue weighted by atomic mass is 32.2. The summed E-state index contributed by atoms with van der Waals surface area (Å²) in [6.07, 6.45) is 3.09. The van der Waals surface area contributed by atoms with Crippen LogP contribution >= 0.6 is 0 Å². The van der Waals surface area contributed by atoms with Crippen LogP contribution in [0.25, 0.3) is 0 Å². The maximum Gasteiger partial charge on any atom is 0.238 e. The molecule has 0 aromatic carbocycles. The normalized spacial score (nSPS) is 13.5. The van der Waals surface area contributed by atoms with Gasteiger partial charge in [0.05, 0.1) is 17.1 Å². The molecule has 1 atom stereocenters. The molecule has 84 valence electrons. The summed E-state index contributed by atoms with van der Waals surface area (Å²) in [6.45, 7) is 1.69. The van der Waals surface area contributed by atoms with Crippen molar-refractivity contribution in [2.75, 3.05) is 17.9 Å². The second kappa shape index (κ2) is 4.59. The summed E-state index contributed by atoms with van der Waals surface area (Å²) >= 11 is 0. The van der Waals surface area contributed by atoms with E-state index in [0.717, 1.165) is 0 Å². The molecule has 1 heterocycles. The molecule has 15 heavy (non-hydrogen) atoms. The molecular weight excluding hydrogens is 214 g/mol. The third-order valence-corrected chi connectivity index (χ3v) is 4.42. The van der Waals surface area contributed by atoms with Gasteiger partial charge >= 0.3 is 0 Å². The van der Waals surface area contributed by atoms with Crippen LogP contribution in [-0.4, -0.2) is 32.2 Å². The van der Waals surface area contributed by atoms with Crippen molar-refractivity contribution in [3.63, 3.8) is 0 Å². The minimum Gasteiger partial charge on any atom is -0.329 e. The highest BCUT2D eigenvalue weighted by molar-refractivity contribution is 7.93. The van der Waals surface area contributed by atoms with Gasteiger partial charge in [0, 0.05) is 19.8 Å². The van der Waals surface area contributed by atoms with Gasteiger partial charge in [0.1, 0.15) is 0 Å². The van der Waals surface area contributed by atoms with E-state index in [4.69, 9.17) is 5.73 Å². The Morgan fingerprint density at radius 2 is 2.27 bits per heavy atom. The third kappa shape index (κ3) is 2.45. The SMILES string of the molecule is CC(CN)S(=O)(=O)N(C)c1cccnc1. The van der Waals surface area contributed by atoms with Crippen molar-refractivity contribution in [3.8, 4) is 0 Å². The zero-order chi connectivity index (χ0) is 11.5. The fourth-order valence-electron chi connectivity index (χ4n) is 1.08. The summed E-state index contributed by atoms with van der Waals surface area (Å²) in [5.74, 6) is 0. The van der Waals surface area contributed by atoms with E-state index in [0.29, 0.717) is 5.69 Å². The molecule has 5 nitrogen and oxygen atoms in total. The highest BCUT2D eigenvalue weighted by Gasteiger charge is 2.24. The van der Waals surface area contributed by atoms with Gasteiger partial charge in [-0.25, -0.2) is 8.42 Å². The van der Waals surface area contributed by atoms with Gasteiger partial charge < -0.3 is 5.73 Å². The number of rotatable bonds is 4. The lowest BCUT2D eigenvalue weighted by Gasteiger charge is -2.22. The topological polar surface area (TPSA) is 76.3 Å². The number of anilines is 1. The quantitative estimate of drug-likeness (QED) is 0.800. The molecule has 1 aromatic rings. The zero-order valence-electron chi connectivity index (χ0n) is 8.79. The smallest absolute Gasteiger partial charge is 0.238 e. The minimum absolute atomic E-state index is 0.104. The lowest BCUT2D eigenvalue weighted by atomic mass is 10.4. The largest absolute Gasteiger partial charge is 0.329 e. The lowest BCUT2D eigenvalue weighted by molar-refractivity contribution is 0.582. The molecule has 0 spiro atoms. The van der Waals surface area contributed by atoms with Gasteiger partial charge in [-0.05, 0) is 19.1 Å². The summed E-state index contributed by atoms with van der Waals surface area (Å²) in [4.78, 5) is 3.87. The van der Waals surface area contributed by atoms with Crippen LogP contribution in [0.2, 0.25) is 0 Å². The minimum atomic E-state index is -3.37. The van der Waals surface area contributed by atoms with Gasteiger partial charge in [0.15, 0.2) is 0 Å². The Morgan fingerprint density at radius 3 is 2.73 bits per heavy atom. The van der Waals surface area contributed by atoms with Crippen molar-refractivity contribution >= 4 is 15.7 Å². The summed E-state index contributed by atoms with van der Waals surface area (Å²) in [6, 6.07) is 3.38. The Morgan fingerprint density at radius 1 is 1.60 bits per heavy atom. The molecule has 0 saturated heterocycles. The van der Waals surface area contributed by atoms with Crippen LogP contribution in [0, 0.1) is 0 Å². The van der Waals surface area contributed by atoms with Gasteiger partial charge in [0.2, 0.25) is 10.0 Å². The summed E-state index contributed by atoms with van der Waals surface area (Å²) in [5.41, 5.74) is 5.89. The number of nitrogens with zero attached hydrogens (tertiary/aromatic N) is 2. The van der Waals surface area contributed by atoms with E-state index in [2.05, 4.69) is 4.98 Å². The molecule has 0 bridgehead atoms. The summed E-state index contributed by atoms with van der Waals surface area (Å²) in [7, 11) is -1.88. The first-order chi connectivity index (χ1) is 7.00. The molecule has 0 aliphatic heterocycles. The molecule has 1 aromatic heterocycles. The van der Waals surface area contributed by atoms with Crippen LogP contribution in [0.3, 0.4) is 0 Å². The van der Waals surface area contributed by atoms with Crippen LogP contribution < -0.4 is 10.0 Å². The standard InChI is InChI=1S/C9H15N3O2S/c1-8(6-10)15(13,14)12(2)9-4-3-5-11-7-9/h3-5,7-8H,6,10H2,1-2H3. The average Bonchev–Trinajstić information content (AvgIpc) is 2.28. The van der Waals surface area contributed by atoms with Crippen LogP contribution in [0.5, 0.6) is 0 Å². The Labute approximate surface area is 90.0 Å². The molecular formula is C9H15N3O2S. The van der Waals surface area contributed by atoms with E-state index in [1.165, 1.54) is 17.5 Å². The molecule has 6 heteroatoms. The van der Waals surface area contributed by atoms with Crippen LogP contribution in [-0.2, 0) is 10.0 Å². The first-order valence-corrected chi connectivity index (χ1v) is 6.08. The van der Waals surface area contributed by atoms with Gasteiger partial charge in [0.25, 0.3) is 0 Å². The highest BCUT2D eigenvalue weighted by Crippen LogP contribution is 2.16. The zero-order valence-corrected chi connectivity index (χ0v) is 9.61. The maximum atomic E-state index is 11.9. The second-order valence-electron chi connectivity index (χ2n) is 3.27. The van der Waals surface area contributed by atoms with Crippen molar-refractivity contribution in [1.29, 1.82) is 0 Å². The fraction of sp³-hybridized carbons (Fsp3) is 0.444. The van der Waals surface area contributed by atoms with Gasteiger partial charge in [-0.15, -0.1) is 0 Å². The summed E-state index contributed by atoms with van der Waals surface area (Å²) < 4.78 is 25.0. The molecule has 0 amide bonds. The Balaban J connectivity index is 3.00. The van der Waals surface area contributed by atoms with Gasteiger partial charge in [-0.1, -0.05) is 0 Å². The summed E-state index contributed by atoms with van der Waals surface area (Å²) in [5, 5.41) is -0.595. The molecule has 0 fully saturated rings. The third-order valence-electron chi connectivity index (χ3n) is 2.23. The van der Waals surface area contributed by atoms with Gasteiger partial charge in [-0.2, -0.15) is 0 Å². The Bertz CT molecular complexity index is 405. The van der Waals surface area contributed by atoms with E-state index >= 15 is 0 Å². The van der Waals surface area contributed by atoms with Crippen molar-refractivity contribution in [2.24, 2.45) is 5.73 Å². The molecule has 0 saturated carbocycles. The van der Waals surface area contributed by atoms with Gasteiger partial charge in [-0.3, -0.25) is 9.29 Å². The number of sulfonamides is 1. The molecule has 0 aliphatic carbocycles. The Kier molecular flexibility index (Phi) is 3.65. The molecule has 0 radical (unpaired) electrons. The van der Waals surface area contributed by atoms with E-state index < -0.39 is 15.3 Å². The first-order valence-electron chi connectivity index (χ1n) is 4.58. The maximum absolute atomic E-state index is 11.9. The fourth-order valence-corrected chi connectivity index (χ4v) is 2.26. The predicted octanol–water partition coefficient (Wildman–Crippen LogP) is 0.195. The van der Waals surface area contributed by atoms with Crippen molar-refractivity contribution in [3.05, 3.63) is 24.5 Å². The van der Waals surface area contributed by atoms with Crippen molar-refractivity contribution in [2.45, 2.75) is 12.2 Å². The molecule has 0 aliphatic rings. The van der Waals surface area contributed by atoms with Crippen molar-refractivity contribution < 1.29 is 8.42 Å². The number of hydrogen-bond acceptors (Lipinski definition) is 4. The lowest BCUT2D eigenvalue weighted by Crippen LogP contribution is -2.38. The van der Waals surface area contributed by atoms with E-state index in [1.54, 1.807) is 25.3 Å². The van der Waals surface area contributed by atoms with Crippen LogP contribution in [0.1, 0.15) is 6.92 Å². The number of nitrogens with two attached hydrogens (primary N) is 1. The first kappa shape index (κ1) is 11.9.